The van der Waals surface area contributed by atoms with Crippen molar-refractivity contribution in [1.82, 2.24) is 0 Å². The lowest BCUT2D eigenvalue weighted by Gasteiger charge is -2.44. The Kier molecular flexibility index (Phi) is 9.01. The SMILES string of the molecule is COc1cc(/C=C(\C)CC[C@H]2OB(O)C[C@H]3C2=C(C(C)C)C[C@H]2C(=O)N(c4cccc([N+](=O)[O-])c4)C(=O)[C@H]23)cc(I)c1O. The summed E-state index contributed by atoms with van der Waals surface area (Å²) < 4.78 is 12.1. The molecule has 10 nitrogen and oxygen atoms in total. The van der Waals surface area contributed by atoms with E-state index in [-0.39, 0.29) is 47.1 Å². The van der Waals surface area contributed by atoms with Crippen LogP contribution in [0.1, 0.15) is 45.6 Å². The van der Waals surface area contributed by atoms with Crippen LogP contribution in [0.5, 0.6) is 11.5 Å². The fraction of sp³-hybridized carbons (Fsp3) is 0.419. The van der Waals surface area contributed by atoms with Crippen molar-refractivity contribution in [3.63, 3.8) is 0 Å². The van der Waals surface area contributed by atoms with Gasteiger partial charge in [0.15, 0.2) is 11.5 Å². The number of anilines is 1. The summed E-state index contributed by atoms with van der Waals surface area (Å²) in [5.41, 5.74) is 4.02. The highest BCUT2D eigenvalue weighted by atomic mass is 127. The number of amides is 2. The lowest BCUT2D eigenvalue weighted by molar-refractivity contribution is -0.384. The zero-order valence-corrected chi connectivity index (χ0v) is 26.6. The van der Waals surface area contributed by atoms with Crippen molar-refractivity contribution in [3.8, 4) is 11.5 Å². The zero-order chi connectivity index (χ0) is 31.2. The minimum Gasteiger partial charge on any atom is -0.504 e. The van der Waals surface area contributed by atoms with Gasteiger partial charge < -0.3 is 19.5 Å². The first-order valence-corrected chi connectivity index (χ1v) is 15.4. The zero-order valence-electron chi connectivity index (χ0n) is 24.5. The molecular formula is C31H34BIN2O8. The second-order valence-electron chi connectivity index (χ2n) is 11.8. The molecule has 1 aliphatic carbocycles. The molecule has 0 radical (unpaired) electrons. The largest absolute Gasteiger partial charge is 0.504 e. The number of hydrogen-bond donors (Lipinski definition) is 2. The lowest BCUT2D eigenvalue weighted by atomic mass is 9.57. The van der Waals surface area contributed by atoms with Gasteiger partial charge in [0.1, 0.15) is 0 Å². The Balaban J connectivity index is 1.43. The summed E-state index contributed by atoms with van der Waals surface area (Å²) in [6.07, 6.45) is 3.42. The number of nitro benzene ring substituents is 1. The van der Waals surface area contributed by atoms with E-state index in [1.807, 2.05) is 19.1 Å². The van der Waals surface area contributed by atoms with E-state index in [2.05, 4.69) is 36.4 Å². The van der Waals surface area contributed by atoms with Gasteiger partial charge in [0, 0.05) is 12.1 Å². The van der Waals surface area contributed by atoms with Gasteiger partial charge in [-0.1, -0.05) is 37.1 Å². The van der Waals surface area contributed by atoms with Crippen molar-refractivity contribution in [3.05, 3.63) is 72.4 Å². The highest BCUT2D eigenvalue weighted by Gasteiger charge is 2.57. The fourth-order valence-electron chi connectivity index (χ4n) is 6.80. The number of halogens is 1. The van der Waals surface area contributed by atoms with Crippen LogP contribution in [0.2, 0.25) is 6.32 Å². The number of carbonyl (C=O) groups excluding carboxylic acids is 2. The topological polar surface area (TPSA) is 139 Å². The van der Waals surface area contributed by atoms with Crippen LogP contribution in [-0.2, 0) is 14.2 Å². The minimum atomic E-state index is -1.09. The van der Waals surface area contributed by atoms with Crippen molar-refractivity contribution >= 4 is 59.0 Å². The van der Waals surface area contributed by atoms with Crippen LogP contribution < -0.4 is 9.64 Å². The molecule has 3 aliphatic rings. The van der Waals surface area contributed by atoms with Crippen molar-refractivity contribution < 1.29 is 34.0 Å². The second-order valence-corrected chi connectivity index (χ2v) is 12.9. The minimum absolute atomic E-state index is 0.0951. The number of phenolic OH excluding ortho intramolecular Hbond substituents is 1. The van der Waals surface area contributed by atoms with E-state index in [1.165, 1.54) is 25.3 Å². The number of rotatable bonds is 8. The summed E-state index contributed by atoms with van der Waals surface area (Å²) in [4.78, 5) is 39.5. The lowest BCUT2D eigenvalue weighted by Crippen LogP contribution is -2.46. The van der Waals surface area contributed by atoms with Gasteiger partial charge in [0.2, 0.25) is 11.8 Å². The molecule has 0 unspecified atom stereocenters. The summed E-state index contributed by atoms with van der Waals surface area (Å²) in [5.74, 6) is -1.81. The van der Waals surface area contributed by atoms with Crippen molar-refractivity contribution in [2.45, 2.75) is 52.5 Å². The number of hydrogen-bond acceptors (Lipinski definition) is 8. The van der Waals surface area contributed by atoms with E-state index in [9.17, 15) is 29.8 Å². The first-order valence-electron chi connectivity index (χ1n) is 14.3. The summed E-state index contributed by atoms with van der Waals surface area (Å²) >= 11 is 2.06. The van der Waals surface area contributed by atoms with Crippen molar-refractivity contribution in [2.75, 3.05) is 12.0 Å². The van der Waals surface area contributed by atoms with E-state index >= 15 is 0 Å². The Labute approximate surface area is 264 Å². The van der Waals surface area contributed by atoms with E-state index in [0.29, 0.717) is 28.6 Å². The predicted molar refractivity (Wildman–Crippen MR) is 170 cm³/mol. The summed E-state index contributed by atoms with van der Waals surface area (Å²) in [6, 6.07) is 9.24. The van der Waals surface area contributed by atoms with Crippen LogP contribution >= 0.6 is 22.6 Å². The highest BCUT2D eigenvalue weighted by Crippen LogP contribution is 2.52. The third-order valence-corrected chi connectivity index (χ3v) is 9.55. The molecule has 2 aromatic rings. The smallest absolute Gasteiger partial charge is 0.455 e. The van der Waals surface area contributed by atoms with Gasteiger partial charge in [-0.15, -0.1) is 0 Å². The standard InChI is InChI=1S/C31H34BIN2O8/c1-16(2)21-14-22-28(31(38)34(30(22)37)19-6-5-7-20(13-19)35(40)41)23-15-32(39)43-25(27(21)23)9-8-17(3)10-18-11-24(33)29(36)26(12-18)42-4/h5-7,10-13,16,22-23,25,28,36,39H,8-9,14-15H2,1-4H3/b17-10+/t22-,23+,25-,28-/m1/s1. The average Bonchev–Trinajstić information content (AvgIpc) is 3.22. The molecule has 5 rings (SSSR count). The van der Waals surface area contributed by atoms with Crippen LogP contribution in [-0.4, -0.2) is 47.2 Å². The Morgan fingerprint density at radius 2 is 2.00 bits per heavy atom. The van der Waals surface area contributed by atoms with E-state index in [4.69, 9.17) is 9.39 Å². The van der Waals surface area contributed by atoms with Crippen LogP contribution in [0.15, 0.2) is 53.1 Å². The molecule has 2 aromatic carbocycles. The maximum Gasteiger partial charge on any atom is 0.455 e. The summed E-state index contributed by atoms with van der Waals surface area (Å²) in [7, 11) is 0.418. The van der Waals surface area contributed by atoms with Gasteiger partial charge in [0.05, 0.1) is 39.2 Å². The molecule has 2 fully saturated rings. The number of carbonyl (C=O) groups is 2. The van der Waals surface area contributed by atoms with Crippen LogP contribution in [0.25, 0.3) is 6.08 Å². The fourth-order valence-corrected chi connectivity index (χ4v) is 7.42. The Morgan fingerprint density at radius 3 is 2.67 bits per heavy atom. The number of methoxy groups -OCH3 is 1. The molecule has 226 valence electrons. The first kappa shape index (κ1) is 31.2. The molecule has 0 saturated carbocycles. The number of non-ortho nitro benzene ring substituents is 1. The van der Waals surface area contributed by atoms with E-state index in [1.54, 1.807) is 12.1 Å². The molecular weight excluding hydrogens is 666 g/mol. The summed E-state index contributed by atoms with van der Waals surface area (Å²) in [5, 5.41) is 32.4. The highest BCUT2D eigenvalue weighted by molar-refractivity contribution is 14.1. The monoisotopic (exact) mass is 700 g/mol. The molecule has 2 saturated heterocycles. The Hall–Kier alpha value is -3.23. The predicted octanol–water partition coefficient (Wildman–Crippen LogP) is 5.75. The molecule has 43 heavy (non-hydrogen) atoms. The number of benzene rings is 2. The molecule has 2 N–H and O–H groups in total. The average molecular weight is 700 g/mol. The first-order chi connectivity index (χ1) is 20.4. The quantitative estimate of drug-likeness (QED) is 0.0887. The molecule has 0 aromatic heterocycles. The number of fused-ring (bicyclic) bond motifs is 3. The second kappa shape index (κ2) is 12.4. The molecule has 4 atom stereocenters. The third kappa shape index (κ3) is 5.96. The van der Waals surface area contributed by atoms with Gasteiger partial charge in [0.25, 0.3) is 5.69 Å². The van der Waals surface area contributed by atoms with Gasteiger partial charge in [-0.2, -0.15) is 0 Å². The number of allylic oxidation sites excluding steroid dienone is 2. The number of nitrogens with zero attached hydrogens (tertiary/aromatic N) is 2. The molecule has 2 heterocycles. The van der Waals surface area contributed by atoms with Crippen LogP contribution in [0.3, 0.4) is 0 Å². The van der Waals surface area contributed by atoms with Gasteiger partial charge >= 0.3 is 7.12 Å². The van der Waals surface area contributed by atoms with Crippen molar-refractivity contribution in [2.24, 2.45) is 23.7 Å². The van der Waals surface area contributed by atoms with Crippen LogP contribution in [0, 0.1) is 37.4 Å². The van der Waals surface area contributed by atoms with Gasteiger partial charge in [-0.3, -0.25) is 19.7 Å². The maximum atomic E-state index is 13.9. The number of phenols is 1. The van der Waals surface area contributed by atoms with E-state index < -0.39 is 30.0 Å². The normalized spacial score (nSPS) is 24.0. The number of ether oxygens (including phenoxy) is 1. The number of imide groups is 1. The molecule has 0 bridgehead atoms. The molecule has 2 aliphatic heterocycles. The maximum absolute atomic E-state index is 13.9. The Bertz CT molecular complexity index is 1540. The molecule has 12 heteroatoms. The van der Waals surface area contributed by atoms with Gasteiger partial charge in [-0.05, 0) is 96.3 Å². The van der Waals surface area contributed by atoms with Crippen molar-refractivity contribution in [1.29, 1.82) is 0 Å². The Morgan fingerprint density at radius 1 is 1.26 bits per heavy atom. The van der Waals surface area contributed by atoms with Crippen LogP contribution in [0.4, 0.5) is 11.4 Å². The third-order valence-electron chi connectivity index (χ3n) is 8.72. The number of aromatic hydroxyl groups is 1. The number of nitro groups is 1. The van der Waals surface area contributed by atoms with E-state index in [0.717, 1.165) is 27.2 Å². The molecule has 0 spiro atoms. The summed E-state index contributed by atoms with van der Waals surface area (Å²) in [6.45, 7) is 6.13. The van der Waals surface area contributed by atoms with Gasteiger partial charge in [-0.25, -0.2) is 4.90 Å². The molecule has 2 amide bonds.